The number of nitrogens with zero attached hydrogens (tertiary/aromatic N) is 2. The molecule has 2 heteroatoms. The molecule has 0 aliphatic heterocycles. The summed E-state index contributed by atoms with van der Waals surface area (Å²) in [5.74, 6) is 0.534. The molecule has 0 saturated carbocycles. The third-order valence-corrected chi connectivity index (χ3v) is 3.59. The molecule has 0 saturated heterocycles. The van der Waals surface area contributed by atoms with Gasteiger partial charge in [-0.2, -0.15) is 0 Å². The molecule has 2 aromatic carbocycles. The van der Waals surface area contributed by atoms with Crippen molar-refractivity contribution in [2.75, 3.05) is 0 Å². The lowest BCUT2D eigenvalue weighted by atomic mass is 9.97. The van der Waals surface area contributed by atoms with Gasteiger partial charge >= 0.3 is 0 Å². The molecule has 19 heavy (non-hydrogen) atoms. The van der Waals surface area contributed by atoms with Crippen molar-refractivity contribution in [1.29, 1.82) is 0 Å². The van der Waals surface area contributed by atoms with E-state index in [1.165, 1.54) is 16.6 Å². The van der Waals surface area contributed by atoms with Gasteiger partial charge in [-0.15, -0.1) is 0 Å². The van der Waals surface area contributed by atoms with Crippen molar-refractivity contribution in [1.82, 2.24) is 9.55 Å². The molecule has 0 spiro atoms. The van der Waals surface area contributed by atoms with E-state index in [0.29, 0.717) is 5.92 Å². The Morgan fingerprint density at radius 1 is 1.05 bits per heavy atom. The smallest absolute Gasteiger partial charge is 0.100 e. The molecule has 96 valence electrons. The minimum atomic E-state index is 0.534. The number of rotatable bonds is 2. The molecule has 0 N–H and O–H groups in total. The van der Waals surface area contributed by atoms with Crippen LogP contribution in [0.1, 0.15) is 30.9 Å². The van der Waals surface area contributed by atoms with Gasteiger partial charge in [0.2, 0.25) is 0 Å². The van der Waals surface area contributed by atoms with Crippen molar-refractivity contribution in [3.8, 4) is 5.69 Å². The van der Waals surface area contributed by atoms with E-state index in [2.05, 4.69) is 66.7 Å². The average molecular weight is 250 g/mol. The lowest BCUT2D eigenvalue weighted by Crippen LogP contribution is -1.95. The molecule has 0 amide bonds. The van der Waals surface area contributed by atoms with Gasteiger partial charge in [0.15, 0.2) is 0 Å². The second kappa shape index (κ2) is 4.54. The minimum absolute atomic E-state index is 0.534. The molecular weight excluding hydrogens is 232 g/mol. The Labute approximate surface area is 113 Å². The second-order valence-corrected chi connectivity index (χ2v) is 5.30. The fraction of sp³-hybridized carbons (Fsp3) is 0.235. The predicted octanol–water partition coefficient (Wildman–Crippen LogP) is 4.46. The maximum Gasteiger partial charge on any atom is 0.100 e. The first kappa shape index (κ1) is 12.0. The van der Waals surface area contributed by atoms with E-state index in [1.807, 2.05) is 12.4 Å². The molecule has 0 unspecified atom stereocenters. The van der Waals surface area contributed by atoms with Crippen LogP contribution in [0.2, 0.25) is 0 Å². The van der Waals surface area contributed by atoms with Gasteiger partial charge in [0.05, 0.1) is 11.0 Å². The Kier molecular flexibility index (Phi) is 2.86. The zero-order valence-electron chi connectivity index (χ0n) is 11.6. The number of aryl methyl sites for hydroxylation is 1. The molecule has 2 nitrogen and oxygen atoms in total. The van der Waals surface area contributed by atoms with Gasteiger partial charge in [-0.25, -0.2) is 4.98 Å². The molecule has 3 aromatic rings. The lowest BCUT2D eigenvalue weighted by Gasteiger charge is -2.10. The number of hydrogen-bond acceptors (Lipinski definition) is 1. The van der Waals surface area contributed by atoms with E-state index in [0.717, 1.165) is 11.2 Å². The van der Waals surface area contributed by atoms with Gasteiger partial charge in [-0.05, 0) is 48.2 Å². The van der Waals surface area contributed by atoms with Crippen molar-refractivity contribution < 1.29 is 0 Å². The second-order valence-electron chi connectivity index (χ2n) is 5.30. The monoisotopic (exact) mass is 250 g/mol. The van der Waals surface area contributed by atoms with Gasteiger partial charge in [0.25, 0.3) is 0 Å². The summed E-state index contributed by atoms with van der Waals surface area (Å²) in [5, 5.41) is 0. The van der Waals surface area contributed by atoms with Crippen LogP contribution in [0.5, 0.6) is 0 Å². The van der Waals surface area contributed by atoms with E-state index in [1.54, 1.807) is 0 Å². The molecule has 0 fully saturated rings. The van der Waals surface area contributed by atoms with Crippen molar-refractivity contribution in [2.45, 2.75) is 26.7 Å². The normalized spacial score (nSPS) is 11.4. The van der Waals surface area contributed by atoms with Crippen molar-refractivity contribution in [2.24, 2.45) is 0 Å². The summed E-state index contributed by atoms with van der Waals surface area (Å²) in [7, 11) is 0. The third kappa shape index (κ3) is 2.03. The zero-order chi connectivity index (χ0) is 13.4. The van der Waals surface area contributed by atoms with Crippen LogP contribution in [-0.4, -0.2) is 9.55 Å². The molecule has 0 aliphatic carbocycles. The Hall–Kier alpha value is -2.09. The van der Waals surface area contributed by atoms with Gasteiger partial charge in [-0.1, -0.05) is 32.0 Å². The van der Waals surface area contributed by atoms with Crippen LogP contribution < -0.4 is 0 Å². The van der Waals surface area contributed by atoms with Crippen LogP contribution >= 0.6 is 0 Å². The quantitative estimate of drug-likeness (QED) is 0.656. The highest BCUT2D eigenvalue weighted by Gasteiger charge is 2.10. The first-order valence-electron chi connectivity index (χ1n) is 6.70. The Morgan fingerprint density at radius 2 is 1.79 bits per heavy atom. The van der Waals surface area contributed by atoms with Crippen molar-refractivity contribution in [3.05, 3.63) is 59.9 Å². The number of para-hydroxylation sites is 1. The zero-order valence-corrected chi connectivity index (χ0v) is 11.6. The molecule has 0 radical (unpaired) electrons. The standard InChI is InChI=1S/C17H18N2/c1-12(2)15-10-16-17(9-13(15)3)19(11-18-16)14-7-5-4-6-8-14/h4-12H,1-3H3. The van der Waals surface area contributed by atoms with Gasteiger partial charge in [-0.3, -0.25) is 4.57 Å². The molecule has 0 bridgehead atoms. The summed E-state index contributed by atoms with van der Waals surface area (Å²) >= 11 is 0. The van der Waals surface area contributed by atoms with Crippen LogP contribution in [0.25, 0.3) is 16.7 Å². The first-order chi connectivity index (χ1) is 9.16. The highest BCUT2D eigenvalue weighted by Crippen LogP contribution is 2.26. The van der Waals surface area contributed by atoms with Crippen LogP contribution in [0.15, 0.2) is 48.8 Å². The number of imidazole rings is 1. The highest BCUT2D eigenvalue weighted by atomic mass is 15.0. The van der Waals surface area contributed by atoms with Gasteiger partial charge in [0.1, 0.15) is 6.33 Å². The molecule has 3 rings (SSSR count). The highest BCUT2D eigenvalue weighted by molar-refractivity contribution is 5.79. The van der Waals surface area contributed by atoms with E-state index in [4.69, 9.17) is 0 Å². The van der Waals surface area contributed by atoms with E-state index in [9.17, 15) is 0 Å². The number of aromatic nitrogens is 2. The Balaban J connectivity index is 2.22. The fourth-order valence-corrected chi connectivity index (χ4v) is 2.59. The lowest BCUT2D eigenvalue weighted by molar-refractivity contribution is 0.858. The van der Waals surface area contributed by atoms with Gasteiger partial charge < -0.3 is 0 Å². The fourth-order valence-electron chi connectivity index (χ4n) is 2.59. The summed E-state index contributed by atoms with van der Waals surface area (Å²) in [6, 6.07) is 14.8. The summed E-state index contributed by atoms with van der Waals surface area (Å²) in [6.45, 7) is 6.63. The maximum absolute atomic E-state index is 4.54. The number of fused-ring (bicyclic) bond motifs is 1. The van der Waals surface area contributed by atoms with Crippen LogP contribution in [0, 0.1) is 6.92 Å². The molecule has 0 aliphatic rings. The van der Waals surface area contributed by atoms with Crippen LogP contribution in [-0.2, 0) is 0 Å². The average Bonchev–Trinajstić information content (AvgIpc) is 2.81. The largest absolute Gasteiger partial charge is 0.299 e. The number of benzene rings is 2. The van der Waals surface area contributed by atoms with E-state index in [-0.39, 0.29) is 0 Å². The molecule has 0 atom stereocenters. The van der Waals surface area contributed by atoms with E-state index >= 15 is 0 Å². The van der Waals surface area contributed by atoms with E-state index < -0.39 is 0 Å². The molecule has 1 heterocycles. The Bertz CT molecular complexity index is 709. The van der Waals surface area contributed by atoms with Crippen LogP contribution in [0.4, 0.5) is 0 Å². The topological polar surface area (TPSA) is 17.8 Å². The van der Waals surface area contributed by atoms with Gasteiger partial charge in [0, 0.05) is 5.69 Å². The SMILES string of the molecule is Cc1cc2c(cc1C(C)C)ncn2-c1ccccc1. The summed E-state index contributed by atoms with van der Waals surface area (Å²) in [4.78, 5) is 4.54. The molecular formula is C17H18N2. The summed E-state index contributed by atoms with van der Waals surface area (Å²) < 4.78 is 2.15. The summed E-state index contributed by atoms with van der Waals surface area (Å²) in [5.41, 5.74) is 6.11. The minimum Gasteiger partial charge on any atom is -0.299 e. The Morgan fingerprint density at radius 3 is 2.47 bits per heavy atom. The van der Waals surface area contributed by atoms with Crippen molar-refractivity contribution >= 4 is 11.0 Å². The first-order valence-corrected chi connectivity index (χ1v) is 6.70. The van der Waals surface area contributed by atoms with Crippen molar-refractivity contribution in [3.63, 3.8) is 0 Å². The molecule has 1 aromatic heterocycles. The predicted molar refractivity (Wildman–Crippen MR) is 79.9 cm³/mol. The number of hydrogen-bond donors (Lipinski definition) is 0. The third-order valence-electron chi connectivity index (χ3n) is 3.59. The maximum atomic E-state index is 4.54. The van der Waals surface area contributed by atoms with Crippen LogP contribution in [0.3, 0.4) is 0 Å². The summed E-state index contributed by atoms with van der Waals surface area (Å²) in [6.07, 6.45) is 1.91.